The lowest BCUT2D eigenvalue weighted by atomic mass is 9.95. The number of pyridine rings is 1. The molecule has 0 bridgehead atoms. The lowest BCUT2D eigenvalue weighted by Gasteiger charge is -2.22. The monoisotopic (exact) mass is 257 g/mol. The van der Waals surface area contributed by atoms with E-state index in [1.807, 2.05) is 44.3 Å². The van der Waals surface area contributed by atoms with Gasteiger partial charge in [-0.2, -0.15) is 0 Å². The molecule has 1 heterocycles. The van der Waals surface area contributed by atoms with Crippen molar-refractivity contribution in [2.45, 2.75) is 13.0 Å². The number of nitrogens with zero attached hydrogens (tertiary/aromatic N) is 1. The smallest absolute Gasteiger partial charge is 0.128 e. The Balaban J connectivity index is 2.57. The zero-order valence-corrected chi connectivity index (χ0v) is 11.5. The number of anilines is 1. The number of nitrogens with one attached hydrogen (secondary N) is 1. The summed E-state index contributed by atoms with van der Waals surface area (Å²) >= 11 is 0. The average Bonchev–Trinajstić information content (AvgIpc) is 2.43. The predicted octanol–water partition coefficient (Wildman–Crippen LogP) is 2.29. The van der Waals surface area contributed by atoms with E-state index in [4.69, 9.17) is 10.5 Å². The van der Waals surface area contributed by atoms with Gasteiger partial charge in [-0.15, -0.1) is 0 Å². The number of para-hydroxylation sites is 1. The van der Waals surface area contributed by atoms with Gasteiger partial charge in [-0.05, 0) is 31.7 Å². The van der Waals surface area contributed by atoms with Crippen molar-refractivity contribution < 1.29 is 4.74 Å². The van der Waals surface area contributed by atoms with Gasteiger partial charge in [-0.25, -0.2) is 4.98 Å². The van der Waals surface area contributed by atoms with Crippen LogP contribution in [0.5, 0.6) is 5.75 Å². The molecule has 0 aliphatic carbocycles. The minimum absolute atomic E-state index is 0.0372. The van der Waals surface area contributed by atoms with Crippen LogP contribution in [0.25, 0.3) is 0 Å². The summed E-state index contributed by atoms with van der Waals surface area (Å²) in [6.45, 7) is 2.03. The third-order valence-electron chi connectivity index (χ3n) is 3.27. The number of aromatic nitrogens is 1. The van der Waals surface area contributed by atoms with Crippen LogP contribution < -0.4 is 15.8 Å². The third-order valence-corrected chi connectivity index (χ3v) is 3.27. The largest absolute Gasteiger partial charge is 0.496 e. The summed E-state index contributed by atoms with van der Waals surface area (Å²) in [6, 6.07) is 9.85. The Morgan fingerprint density at radius 2 is 2.00 bits per heavy atom. The number of aryl methyl sites for hydroxylation is 1. The van der Waals surface area contributed by atoms with E-state index >= 15 is 0 Å². The van der Waals surface area contributed by atoms with E-state index in [0.29, 0.717) is 5.82 Å². The van der Waals surface area contributed by atoms with Crippen LogP contribution in [0.4, 0.5) is 5.82 Å². The molecule has 2 aromatic rings. The summed E-state index contributed by atoms with van der Waals surface area (Å²) in [4.78, 5) is 4.19. The molecule has 0 spiro atoms. The number of rotatable bonds is 4. The molecule has 0 aliphatic heterocycles. The van der Waals surface area contributed by atoms with Crippen molar-refractivity contribution in [2.75, 3.05) is 19.9 Å². The molecule has 1 atom stereocenters. The lowest BCUT2D eigenvalue weighted by Crippen LogP contribution is -2.21. The molecule has 1 unspecified atom stereocenters. The van der Waals surface area contributed by atoms with Gasteiger partial charge in [0, 0.05) is 17.3 Å². The summed E-state index contributed by atoms with van der Waals surface area (Å²) in [5, 5.41) is 3.29. The van der Waals surface area contributed by atoms with Crippen LogP contribution >= 0.6 is 0 Å². The van der Waals surface area contributed by atoms with Crippen LogP contribution in [0.15, 0.2) is 36.5 Å². The number of nitrogens with two attached hydrogens (primary N) is 1. The van der Waals surface area contributed by atoms with Gasteiger partial charge in [-0.1, -0.05) is 18.2 Å². The van der Waals surface area contributed by atoms with Crippen LogP contribution in [-0.2, 0) is 0 Å². The fraction of sp³-hybridized carbons (Fsp3) is 0.267. The second-order valence-corrected chi connectivity index (χ2v) is 4.39. The molecule has 100 valence electrons. The molecule has 3 N–H and O–H groups in total. The minimum Gasteiger partial charge on any atom is -0.496 e. The molecule has 0 amide bonds. The predicted molar refractivity (Wildman–Crippen MR) is 77.3 cm³/mol. The molecule has 1 aromatic heterocycles. The number of hydrogen-bond donors (Lipinski definition) is 2. The molecule has 1 aromatic carbocycles. The standard InChI is InChI=1S/C15H19N3O/c1-10-8-9-18-15(16)13(10)14(17-2)11-6-4-5-7-12(11)19-3/h4-9,14,17H,1-3H3,(H2,16,18). The average molecular weight is 257 g/mol. The molecular weight excluding hydrogens is 238 g/mol. The van der Waals surface area contributed by atoms with Gasteiger partial charge in [0.05, 0.1) is 13.2 Å². The summed E-state index contributed by atoms with van der Waals surface area (Å²) < 4.78 is 5.43. The quantitative estimate of drug-likeness (QED) is 0.882. The first kappa shape index (κ1) is 13.4. The lowest BCUT2D eigenvalue weighted by molar-refractivity contribution is 0.405. The molecule has 0 radical (unpaired) electrons. The van der Waals surface area contributed by atoms with Crippen molar-refractivity contribution in [2.24, 2.45) is 0 Å². The van der Waals surface area contributed by atoms with E-state index in [2.05, 4.69) is 10.3 Å². The molecule has 0 fully saturated rings. The highest BCUT2D eigenvalue weighted by atomic mass is 16.5. The Morgan fingerprint density at radius 1 is 1.26 bits per heavy atom. The molecule has 19 heavy (non-hydrogen) atoms. The zero-order chi connectivity index (χ0) is 13.8. The molecule has 0 aliphatic rings. The topological polar surface area (TPSA) is 60.2 Å². The summed E-state index contributed by atoms with van der Waals surface area (Å²) in [5.41, 5.74) is 9.19. The number of nitrogen functional groups attached to an aromatic ring is 1. The van der Waals surface area contributed by atoms with Gasteiger partial charge in [-0.3, -0.25) is 0 Å². The van der Waals surface area contributed by atoms with Crippen molar-refractivity contribution in [1.82, 2.24) is 10.3 Å². The Labute approximate surface area is 113 Å². The molecule has 0 saturated carbocycles. The zero-order valence-electron chi connectivity index (χ0n) is 11.5. The molecule has 4 heteroatoms. The van der Waals surface area contributed by atoms with Gasteiger partial charge < -0.3 is 15.8 Å². The number of hydrogen-bond acceptors (Lipinski definition) is 4. The maximum Gasteiger partial charge on any atom is 0.128 e. The fourth-order valence-corrected chi connectivity index (χ4v) is 2.33. The number of benzene rings is 1. The molecule has 4 nitrogen and oxygen atoms in total. The van der Waals surface area contributed by atoms with E-state index in [1.54, 1.807) is 13.3 Å². The van der Waals surface area contributed by atoms with Crippen LogP contribution in [0, 0.1) is 6.92 Å². The molecule has 0 saturated heterocycles. The molecule has 2 rings (SSSR count). The Kier molecular flexibility index (Phi) is 4.02. The van der Waals surface area contributed by atoms with E-state index in [9.17, 15) is 0 Å². The van der Waals surface area contributed by atoms with Gasteiger partial charge in [0.1, 0.15) is 11.6 Å². The minimum atomic E-state index is -0.0372. The van der Waals surface area contributed by atoms with E-state index < -0.39 is 0 Å². The highest BCUT2D eigenvalue weighted by Gasteiger charge is 2.20. The van der Waals surface area contributed by atoms with Crippen LogP contribution in [-0.4, -0.2) is 19.1 Å². The summed E-state index contributed by atoms with van der Waals surface area (Å²) in [5.74, 6) is 1.38. The second kappa shape index (κ2) is 5.71. The van der Waals surface area contributed by atoms with Gasteiger partial charge in [0.2, 0.25) is 0 Å². The van der Waals surface area contributed by atoms with Crippen molar-refractivity contribution in [3.63, 3.8) is 0 Å². The van der Waals surface area contributed by atoms with E-state index in [-0.39, 0.29) is 6.04 Å². The first-order chi connectivity index (χ1) is 9.19. The Morgan fingerprint density at radius 3 is 2.63 bits per heavy atom. The number of ether oxygens (including phenoxy) is 1. The maximum atomic E-state index is 6.03. The van der Waals surface area contributed by atoms with Crippen LogP contribution in [0.2, 0.25) is 0 Å². The van der Waals surface area contributed by atoms with Crippen molar-refractivity contribution >= 4 is 5.82 Å². The van der Waals surface area contributed by atoms with E-state index in [0.717, 1.165) is 22.4 Å². The Bertz CT molecular complexity index is 549. The highest BCUT2D eigenvalue weighted by Crippen LogP contribution is 2.33. The summed E-state index contributed by atoms with van der Waals surface area (Å²) in [6.07, 6.45) is 1.73. The maximum absolute atomic E-state index is 6.03. The van der Waals surface area contributed by atoms with Gasteiger partial charge in [0.25, 0.3) is 0 Å². The van der Waals surface area contributed by atoms with Crippen molar-refractivity contribution in [3.8, 4) is 5.75 Å². The van der Waals surface area contributed by atoms with Crippen molar-refractivity contribution in [1.29, 1.82) is 0 Å². The normalized spacial score (nSPS) is 12.2. The molecular formula is C15H19N3O. The summed E-state index contributed by atoms with van der Waals surface area (Å²) in [7, 11) is 3.58. The number of methoxy groups -OCH3 is 1. The van der Waals surface area contributed by atoms with Crippen molar-refractivity contribution in [3.05, 3.63) is 53.2 Å². The van der Waals surface area contributed by atoms with Crippen LogP contribution in [0.1, 0.15) is 22.7 Å². The first-order valence-corrected chi connectivity index (χ1v) is 6.20. The first-order valence-electron chi connectivity index (χ1n) is 6.20. The Hall–Kier alpha value is -2.07. The van der Waals surface area contributed by atoms with Gasteiger partial charge >= 0.3 is 0 Å². The highest BCUT2D eigenvalue weighted by molar-refractivity contribution is 5.52. The SMILES string of the molecule is CNC(c1ccccc1OC)c1c(C)ccnc1N. The van der Waals surface area contributed by atoms with Crippen LogP contribution in [0.3, 0.4) is 0 Å². The van der Waals surface area contributed by atoms with Gasteiger partial charge in [0.15, 0.2) is 0 Å². The van der Waals surface area contributed by atoms with E-state index in [1.165, 1.54) is 0 Å². The second-order valence-electron chi connectivity index (χ2n) is 4.39. The third kappa shape index (κ3) is 2.53. The fourth-order valence-electron chi connectivity index (χ4n) is 2.33.